The van der Waals surface area contributed by atoms with E-state index in [0.717, 1.165) is 44.7 Å². The Morgan fingerprint density at radius 3 is 3.19 bits per heavy atom. The van der Waals surface area contributed by atoms with Crippen LogP contribution in [0.25, 0.3) is 0 Å². The first kappa shape index (κ1) is 14.4. The van der Waals surface area contributed by atoms with Crippen molar-refractivity contribution in [3.8, 4) is 0 Å². The number of hydrogen-bond donors (Lipinski definition) is 2. The Morgan fingerprint density at radius 1 is 1.43 bits per heavy atom. The van der Waals surface area contributed by atoms with Gasteiger partial charge in [-0.25, -0.2) is 9.78 Å². The van der Waals surface area contributed by atoms with Gasteiger partial charge in [0.25, 0.3) is 0 Å². The summed E-state index contributed by atoms with van der Waals surface area (Å²) in [6.07, 6.45) is 10.8. The van der Waals surface area contributed by atoms with Gasteiger partial charge in [-0.3, -0.25) is 0 Å². The Balaban J connectivity index is 1.40. The first-order valence-electron chi connectivity index (χ1n) is 8.25. The van der Waals surface area contributed by atoms with Crippen LogP contribution in [0.15, 0.2) is 12.4 Å². The molecular formula is C16H26N4O. The van der Waals surface area contributed by atoms with E-state index in [9.17, 15) is 4.79 Å². The molecule has 2 heterocycles. The number of urea groups is 1. The number of carbonyl (C=O) groups excluding carboxylic acids is 1. The van der Waals surface area contributed by atoms with Crippen molar-refractivity contribution < 1.29 is 4.79 Å². The van der Waals surface area contributed by atoms with Crippen molar-refractivity contribution in [1.29, 1.82) is 0 Å². The molecule has 21 heavy (non-hydrogen) atoms. The van der Waals surface area contributed by atoms with Crippen LogP contribution in [0, 0.1) is 11.8 Å². The molecule has 1 aromatic heterocycles. The number of carbonyl (C=O) groups is 1. The van der Waals surface area contributed by atoms with Crippen molar-refractivity contribution in [2.75, 3.05) is 6.54 Å². The molecule has 1 saturated carbocycles. The predicted molar refractivity (Wildman–Crippen MR) is 82.0 cm³/mol. The SMILES string of the molecule is C[C@@H]1CCC[C@H](NC(=O)NC[C@@H]2CCc3nccn3C2)C1. The van der Waals surface area contributed by atoms with Crippen LogP contribution >= 0.6 is 0 Å². The number of aromatic nitrogens is 2. The van der Waals surface area contributed by atoms with E-state index in [4.69, 9.17) is 0 Å². The van der Waals surface area contributed by atoms with E-state index < -0.39 is 0 Å². The van der Waals surface area contributed by atoms with Gasteiger partial charge in [-0.1, -0.05) is 19.8 Å². The first-order valence-corrected chi connectivity index (χ1v) is 8.25. The molecule has 2 N–H and O–H groups in total. The summed E-state index contributed by atoms with van der Waals surface area (Å²) in [7, 11) is 0. The highest BCUT2D eigenvalue weighted by Gasteiger charge is 2.22. The normalized spacial score (nSPS) is 28.7. The van der Waals surface area contributed by atoms with E-state index in [2.05, 4.69) is 27.1 Å². The summed E-state index contributed by atoms with van der Waals surface area (Å²) in [6, 6.07) is 0.367. The lowest BCUT2D eigenvalue weighted by Crippen LogP contribution is -2.45. The van der Waals surface area contributed by atoms with Crippen molar-refractivity contribution in [3.05, 3.63) is 18.2 Å². The quantitative estimate of drug-likeness (QED) is 0.897. The second-order valence-corrected chi connectivity index (χ2v) is 6.72. The number of nitrogens with one attached hydrogen (secondary N) is 2. The van der Waals surface area contributed by atoms with Crippen LogP contribution in [0.5, 0.6) is 0 Å². The minimum atomic E-state index is 0.00512. The molecular weight excluding hydrogens is 264 g/mol. The van der Waals surface area contributed by atoms with Gasteiger partial charge in [0.1, 0.15) is 5.82 Å². The van der Waals surface area contributed by atoms with Gasteiger partial charge in [0.2, 0.25) is 0 Å². The maximum absolute atomic E-state index is 12.0. The summed E-state index contributed by atoms with van der Waals surface area (Å²) in [6.45, 7) is 4.00. The predicted octanol–water partition coefficient (Wildman–Crippen LogP) is 2.32. The molecule has 2 amide bonds. The first-order chi connectivity index (χ1) is 10.2. The average Bonchev–Trinajstić information content (AvgIpc) is 2.92. The van der Waals surface area contributed by atoms with Crippen LogP contribution in [0.3, 0.4) is 0 Å². The Hall–Kier alpha value is -1.52. The minimum absolute atomic E-state index is 0.00512. The zero-order valence-electron chi connectivity index (χ0n) is 12.8. The Bertz CT molecular complexity index is 484. The molecule has 0 saturated heterocycles. The third-order valence-electron chi connectivity index (χ3n) is 4.86. The summed E-state index contributed by atoms with van der Waals surface area (Å²) in [4.78, 5) is 16.3. The molecule has 1 aliphatic heterocycles. The van der Waals surface area contributed by atoms with Gasteiger partial charge in [0, 0.05) is 37.9 Å². The summed E-state index contributed by atoms with van der Waals surface area (Å²) in [5.41, 5.74) is 0. The third kappa shape index (κ3) is 3.77. The topological polar surface area (TPSA) is 59.0 Å². The minimum Gasteiger partial charge on any atom is -0.338 e. The van der Waals surface area contributed by atoms with E-state index in [1.807, 2.05) is 12.4 Å². The van der Waals surface area contributed by atoms with Gasteiger partial charge >= 0.3 is 6.03 Å². The molecule has 5 heteroatoms. The second-order valence-electron chi connectivity index (χ2n) is 6.72. The van der Waals surface area contributed by atoms with Crippen LogP contribution < -0.4 is 10.6 Å². The molecule has 1 aromatic rings. The van der Waals surface area contributed by atoms with Gasteiger partial charge in [-0.05, 0) is 31.1 Å². The molecule has 0 aromatic carbocycles. The summed E-state index contributed by atoms with van der Waals surface area (Å²) in [5.74, 6) is 2.43. The van der Waals surface area contributed by atoms with Crippen molar-refractivity contribution in [3.63, 3.8) is 0 Å². The molecule has 0 spiro atoms. The Morgan fingerprint density at radius 2 is 2.33 bits per heavy atom. The standard InChI is InChI=1S/C16H26N4O/c1-12-3-2-4-14(9-12)19-16(21)18-10-13-5-6-15-17-7-8-20(15)11-13/h7-8,12-14H,2-6,9-11H2,1H3,(H2,18,19,21)/t12-,13+,14+/m1/s1. The molecule has 1 aliphatic carbocycles. The highest BCUT2D eigenvalue weighted by molar-refractivity contribution is 5.74. The van der Waals surface area contributed by atoms with E-state index in [-0.39, 0.29) is 6.03 Å². The van der Waals surface area contributed by atoms with Crippen molar-refractivity contribution in [2.24, 2.45) is 11.8 Å². The number of aryl methyl sites for hydroxylation is 1. The molecule has 0 unspecified atom stereocenters. The van der Waals surface area contributed by atoms with E-state index in [1.54, 1.807) is 0 Å². The summed E-state index contributed by atoms with van der Waals surface area (Å²) < 4.78 is 2.20. The molecule has 0 radical (unpaired) electrons. The van der Waals surface area contributed by atoms with Gasteiger partial charge in [0.05, 0.1) is 0 Å². The maximum atomic E-state index is 12.0. The number of rotatable bonds is 3. The number of amides is 2. The van der Waals surface area contributed by atoms with Gasteiger partial charge in [0.15, 0.2) is 0 Å². The van der Waals surface area contributed by atoms with Crippen molar-refractivity contribution >= 4 is 6.03 Å². The zero-order chi connectivity index (χ0) is 14.7. The van der Waals surface area contributed by atoms with E-state index >= 15 is 0 Å². The summed E-state index contributed by atoms with van der Waals surface area (Å²) >= 11 is 0. The number of fused-ring (bicyclic) bond motifs is 1. The monoisotopic (exact) mass is 290 g/mol. The molecule has 5 nitrogen and oxygen atoms in total. The van der Waals surface area contributed by atoms with Crippen molar-refractivity contribution in [1.82, 2.24) is 20.2 Å². The molecule has 0 bridgehead atoms. The summed E-state index contributed by atoms with van der Waals surface area (Å²) in [5, 5.41) is 6.19. The van der Waals surface area contributed by atoms with Gasteiger partial charge in [-0.15, -0.1) is 0 Å². The molecule has 1 fully saturated rings. The van der Waals surface area contributed by atoms with Crippen molar-refractivity contribution in [2.45, 2.75) is 58.0 Å². The molecule has 116 valence electrons. The zero-order valence-corrected chi connectivity index (χ0v) is 12.8. The lowest BCUT2D eigenvalue weighted by Gasteiger charge is -2.28. The van der Waals surface area contributed by atoms with Crippen LogP contribution in [-0.4, -0.2) is 28.2 Å². The van der Waals surface area contributed by atoms with Gasteiger partial charge in [-0.2, -0.15) is 0 Å². The number of hydrogen-bond acceptors (Lipinski definition) is 2. The lowest BCUT2D eigenvalue weighted by atomic mass is 9.87. The Labute approximate surface area is 126 Å². The van der Waals surface area contributed by atoms with Crippen LogP contribution in [0.2, 0.25) is 0 Å². The fraction of sp³-hybridized carbons (Fsp3) is 0.750. The van der Waals surface area contributed by atoms with E-state index in [1.165, 1.54) is 18.7 Å². The highest BCUT2D eigenvalue weighted by Crippen LogP contribution is 2.23. The molecule has 2 aliphatic rings. The lowest BCUT2D eigenvalue weighted by molar-refractivity contribution is 0.223. The maximum Gasteiger partial charge on any atom is 0.315 e. The van der Waals surface area contributed by atoms with Crippen LogP contribution in [0.4, 0.5) is 4.79 Å². The van der Waals surface area contributed by atoms with Crippen LogP contribution in [-0.2, 0) is 13.0 Å². The smallest absolute Gasteiger partial charge is 0.315 e. The third-order valence-corrected chi connectivity index (χ3v) is 4.86. The van der Waals surface area contributed by atoms with Gasteiger partial charge < -0.3 is 15.2 Å². The second kappa shape index (κ2) is 6.50. The number of imidazole rings is 1. The Kier molecular flexibility index (Phi) is 4.46. The fourth-order valence-corrected chi connectivity index (χ4v) is 3.64. The number of nitrogens with zero attached hydrogens (tertiary/aromatic N) is 2. The molecule has 3 atom stereocenters. The average molecular weight is 290 g/mol. The van der Waals surface area contributed by atoms with Crippen LogP contribution in [0.1, 0.15) is 44.9 Å². The fourth-order valence-electron chi connectivity index (χ4n) is 3.64. The molecule has 3 rings (SSSR count). The largest absolute Gasteiger partial charge is 0.338 e. The van der Waals surface area contributed by atoms with E-state index in [0.29, 0.717) is 12.0 Å². The highest BCUT2D eigenvalue weighted by atomic mass is 16.2.